The van der Waals surface area contributed by atoms with Crippen LogP contribution in [0, 0.1) is 0 Å². The lowest BCUT2D eigenvalue weighted by molar-refractivity contribution is 0.724. The van der Waals surface area contributed by atoms with E-state index < -0.39 is 0 Å². The number of pyridine rings is 1. The van der Waals surface area contributed by atoms with Gasteiger partial charge in [0.25, 0.3) is 0 Å². The van der Waals surface area contributed by atoms with Gasteiger partial charge >= 0.3 is 0 Å². The van der Waals surface area contributed by atoms with Crippen molar-refractivity contribution in [3.8, 4) is 0 Å². The Hall–Kier alpha value is -2.20. The molecule has 4 nitrogen and oxygen atoms in total. The Morgan fingerprint density at radius 3 is 2.95 bits per heavy atom. The molecule has 96 valence electrons. The first kappa shape index (κ1) is 11.9. The number of fused-ring (bicyclic) bond motifs is 1. The van der Waals surface area contributed by atoms with Gasteiger partial charge in [-0.3, -0.25) is 9.67 Å². The van der Waals surface area contributed by atoms with Gasteiger partial charge in [0.2, 0.25) is 0 Å². The van der Waals surface area contributed by atoms with Gasteiger partial charge in [-0.1, -0.05) is 18.2 Å². The van der Waals surface area contributed by atoms with Crippen molar-refractivity contribution in [1.29, 1.82) is 0 Å². The first-order valence-electron chi connectivity index (χ1n) is 6.31. The summed E-state index contributed by atoms with van der Waals surface area (Å²) >= 11 is 0. The van der Waals surface area contributed by atoms with E-state index in [0.717, 1.165) is 28.5 Å². The van der Waals surface area contributed by atoms with Gasteiger partial charge in [-0.2, -0.15) is 5.10 Å². The minimum absolute atomic E-state index is 0.0444. The number of benzene rings is 1. The van der Waals surface area contributed by atoms with Crippen molar-refractivity contribution < 1.29 is 0 Å². The number of aromatic nitrogens is 3. The zero-order valence-electron chi connectivity index (χ0n) is 10.8. The van der Waals surface area contributed by atoms with Crippen LogP contribution in [0.25, 0.3) is 10.9 Å². The molecule has 0 spiro atoms. The number of hydrogen-bond acceptors (Lipinski definition) is 3. The summed E-state index contributed by atoms with van der Waals surface area (Å²) in [5.74, 6) is 0. The Morgan fingerprint density at radius 1 is 1.26 bits per heavy atom. The lowest BCUT2D eigenvalue weighted by Gasteiger charge is -2.13. The summed E-state index contributed by atoms with van der Waals surface area (Å²) in [4.78, 5) is 4.36. The minimum atomic E-state index is -0.0444. The third-order valence-electron chi connectivity index (χ3n) is 3.29. The topological polar surface area (TPSA) is 56.7 Å². The summed E-state index contributed by atoms with van der Waals surface area (Å²) in [6.07, 6.45) is 6.45. The second kappa shape index (κ2) is 4.82. The molecule has 0 saturated heterocycles. The maximum atomic E-state index is 6.34. The summed E-state index contributed by atoms with van der Waals surface area (Å²) in [6, 6.07) is 10.1. The van der Waals surface area contributed by atoms with Crippen LogP contribution in [0.3, 0.4) is 0 Å². The Labute approximate surface area is 111 Å². The van der Waals surface area contributed by atoms with Crippen LogP contribution in [0.4, 0.5) is 0 Å². The van der Waals surface area contributed by atoms with E-state index in [1.807, 2.05) is 37.6 Å². The van der Waals surface area contributed by atoms with Crippen LogP contribution in [-0.4, -0.2) is 14.8 Å². The van der Waals surface area contributed by atoms with Crippen LogP contribution in [0.1, 0.15) is 17.2 Å². The van der Waals surface area contributed by atoms with Crippen LogP contribution in [-0.2, 0) is 13.5 Å². The van der Waals surface area contributed by atoms with Crippen molar-refractivity contribution in [2.45, 2.75) is 12.5 Å². The van der Waals surface area contributed by atoms with Crippen molar-refractivity contribution in [2.75, 3.05) is 0 Å². The van der Waals surface area contributed by atoms with Gasteiger partial charge in [0.05, 0.1) is 11.7 Å². The first-order chi connectivity index (χ1) is 9.24. The molecule has 0 bridgehead atoms. The molecule has 0 radical (unpaired) electrons. The second-order valence-electron chi connectivity index (χ2n) is 4.75. The lowest BCUT2D eigenvalue weighted by Crippen LogP contribution is -2.13. The average molecular weight is 252 g/mol. The van der Waals surface area contributed by atoms with Gasteiger partial charge in [0, 0.05) is 30.9 Å². The fourth-order valence-electron chi connectivity index (χ4n) is 2.39. The first-order valence-corrected chi connectivity index (χ1v) is 6.31. The molecular weight excluding hydrogens is 236 g/mol. The van der Waals surface area contributed by atoms with E-state index in [2.05, 4.69) is 22.2 Å². The zero-order valence-corrected chi connectivity index (χ0v) is 10.8. The fourth-order valence-corrected chi connectivity index (χ4v) is 2.39. The Balaban J connectivity index is 1.95. The van der Waals surface area contributed by atoms with E-state index in [4.69, 9.17) is 5.73 Å². The molecule has 3 aromatic rings. The SMILES string of the molecule is Cn1cc(CC(N)c2cccc3ncccc23)cn1. The molecular formula is C15H16N4. The number of nitrogens with zero attached hydrogens (tertiary/aromatic N) is 3. The van der Waals surface area contributed by atoms with Gasteiger partial charge in [-0.25, -0.2) is 0 Å². The molecule has 0 aliphatic heterocycles. The van der Waals surface area contributed by atoms with Crippen molar-refractivity contribution in [1.82, 2.24) is 14.8 Å². The largest absolute Gasteiger partial charge is 0.324 e. The molecule has 1 aromatic carbocycles. The monoisotopic (exact) mass is 252 g/mol. The van der Waals surface area contributed by atoms with Crippen molar-refractivity contribution in [3.05, 3.63) is 60.0 Å². The molecule has 4 heteroatoms. The van der Waals surface area contributed by atoms with Gasteiger partial charge in [-0.05, 0) is 29.7 Å². The number of aryl methyl sites for hydroxylation is 1. The Bertz CT molecular complexity index is 697. The molecule has 0 aliphatic carbocycles. The van der Waals surface area contributed by atoms with Gasteiger partial charge < -0.3 is 5.73 Å². The molecule has 1 unspecified atom stereocenters. The predicted octanol–water partition coefficient (Wildman–Crippen LogP) is 2.21. The number of rotatable bonds is 3. The molecule has 3 rings (SSSR count). The molecule has 1 atom stereocenters. The summed E-state index contributed by atoms with van der Waals surface area (Å²) in [7, 11) is 1.91. The minimum Gasteiger partial charge on any atom is -0.324 e. The molecule has 2 aromatic heterocycles. The fraction of sp³-hybridized carbons (Fsp3) is 0.200. The zero-order chi connectivity index (χ0) is 13.2. The predicted molar refractivity (Wildman–Crippen MR) is 75.6 cm³/mol. The highest BCUT2D eigenvalue weighted by Gasteiger charge is 2.11. The van der Waals surface area contributed by atoms with Gasteiger partial charge in [0.15, 0.2) is 0 Å². The molecule has 0 aliphatic rings. The molecule has 2 heterocycles. The normalized spacial score (nSPS) is 12.7. The third kappa shape index (κ3) is 2.35. The summed E-state index contributed by atoms with van der Waals surface area (Å²) in [5, 5.41) is 5.30. The van der Waals surface area contributed by atoms with Crippen LogP contribution in [0.2, 0.25) is 0 Å². The van der Waals surface area contributed by atoms with E-state index in [1.165, 1.54) is 0 Å². The molecule has 0 amide bonds. The Morgan fingerprint density at radius 2 is 2.16 bits per heavy atom. The Kier molecular flexibility index (Phi) is 3.01. The average Bonchev–Trinajstić information content (AvgIpc) is 2.83. The van der Waals surface area contributed by atoms with Crippen LogP contribution in [0.5, 0.6) is 0 Å². The van der Waals surface area contributed by atoms with Crippen LogP contribution in [0.15, 0.2) is 48.9 Å². The smallest absolute Gasteiger partial charge is 0.0705 e. The summed E-state index contributed by atoms with van der Waals surface area (Å²) in [5.41, 5.74) is 9.61. The van der Waals surface area contributed by atoms with E-state index in [0.29, 0.717) is 0 Å². The summed E-state index contributed by atoms with van der Waals surface area (Å²) < 4.78 is 1.80. The lowest BCUT2D eigenvalue weighted by atomic mass is 9.97. The standard InChI is InChI=1S/C15H16N4/c1-19-10-11(9-18-19)8-14(16)12-4-2-6-15-13(12)5-3-7-17-15/h2-7,9-10,14H,8,16H2,1H3. The maximum Gasteiger partial charge on any atom is 0.0705 e. The van der Waals surface area contributed by atoms with E-state index in [9.17, 15) is 0 Å². The van der Waals surface area contributed by atoms with E-state index in [1.54, 1.807) is 10.9 Å². The van der Waals surface area contributed by atoms with Crippen molar-refractivity contribution >= 4 is 10.9 Å². The number of hydrogen-bond donors (Lipinski definition) is 1. The highest BCUT2D eigenvalue weighted by molar-refractivity contribution is 5.82. The molecule has 19 heavy (non-hydrogen) atoms. The van der Waals surface area contributed by atoms with E-state index >= 15 is 0 Å². The number of nitrogens with two attached hydrogens (primary N) is 1. The van der Waals surface area contributed by atoms with Gasteiger partial charge in [-0.15, -0.1) is 0 Å². The van der Waals surface area contributed by atoms with E-state index in [-0.39, 0.29) is 6.04 Å². The summed E-state index contributed by atoms with van der Waals surface area (Å²) in [6.45, 7) is 0. The quantitative estimate of drug-likeness (QED) is 0.777. The molecule has 0 fully saturated rings. The van der Waals surface area contributed by atoms with Crippen LogP contribution < -0.4 is 5.73 Å². The van der Waals surface area contributed by atoms with Crippen molar-refractivity contribution in [2.24, 2.45) is 12.8 Å². The molecule has 0 saturated carbocycles. The third-order valence-corrected chi connectivity index (χ3v) is 3.29. The second-order valence-corrected chi connectivity index (χ2v) is 4.75. The highest BCUT2D eigenvalue weighted by Crippen LogP contribution is 2.23. The van der Waals surface area contributed by atoms with Crippen LogP contribution >= 0.6 is 0 Å². The molecule has 2 N–H and O–H groups in total. The van der Waals surface area contributed by atoms with Crippen molar-refractivity contribution in [3.63, 3.8) is 0 Å². The van der Waals surface area contributed by atoms with Gasteiger partial charge in [0.1, 0.15) is 0 Å². The maximum absolute atomic E-state index is 6.34. The highest BCUT2D eigenvalue weighted by atomic mass is 15.2.